The Morgan fingerprint density at radius 1 is 1.07 bits per heavy atom. The molecule has 0 spiro atoms. The molecule has 0 fully saturated rings. The molecule has 0 saturated heterocycles. The lowest BCUT2D eigenvalue weighted by molar-refractivity contribution is 0.0996. The summed E-state index contributed by atoms with van der Waals surface area (Å²) in [4.78, 5) is 28.0. The number of rotatable bonds is 6. The summed E-state index contributed by atoms with van der Waals surface area (Å²) in [5.74, 6) is 0.441. The van der Waals surface area contributed by atoms with Gasteiger partial charge in [-0.15, -0.1) is 0 Å². The van der Waals surface area contributed by atoms with E-state index >= 15 is 0 Å². The Morgan fingerprint density at radius 2 is 1.87 bits per heavy atom. The molecule has 1 heterocycles. The van der Waals surface area contributed by atoms with Crippen LogP contribution in [0.4, 0.5) is 5.69 Å². The summed E-state index contributed by atoms with van der Waals surface area (Å²) in [7, 11) is 1.58. The van der Waals surface area contributed by atoms with Crippen molar-refractivity contribution < 1.29 is 19.1 Å². The normalized spacial score (nSPS) is 14.6. The third-order valence-corrected chi connectivity index (χ3v) is 5.09. The van der Waals surface area contributed by atoms with Crippen LogP contribution in [0.3, 0.4) is 0 Å². The van der Waals surface area contributed by atoms with Crippen LogP contribution in [0.5, 0.6) is 11.5 Å². The first kappa shape index (κ1) is 19.4. The largest absolute Gasteiger partial charge is 0.497 e. The fraction of sp³-hybridized carbons (Fsp3) is 0.174. The lowest BCUT2D eigenvalue weighted by Gasteiger charge is -2.16. The van der Waals surface area contributed by atoms with Gasteiger partial charge in [-0.3, -0.25) is 14.6 Å². The van der Waals surface area contributed by atoms with Crippen molar-refractivity contribution in [2.75, 3.05) is 12.4 Å². The lowest BCUT2D eigenvalue weighted by atomic mass is 10.1. The second-order valence-electron chi connectivity index (χ2n) is 6.97. The second-order valence-corrected chi connectivity index (χ2v) is 6.97. The number of primary amides is 1. The first-order valence-corrected chi connectivity index (χ1v) is 9.54. The number of pyridine rings is 1. The van der Waals surface area contributed by atoms with E-state index in [9.17, 15) is 9.59 Å². The van der Waals surface area contributed by atoms with Crippen LogP contribution in [-0.4, -0.2) is 23.9 Å². The molecule has 1 unspecified atom stereocenters. The number of carbonyl (C=O) groups is 2. The Kier molecular flexibility index (Phi) is 5.34. The van der Waals surface area contributed by atoms with Gasteiger partial charge in [-0.05, 0) is 60.4 Å². The van der Waals surface area contributed by atoms with Crippen molar-refractivity contribution in [2.24, 2.45) is 5.73 Å². The molecule has 7 heteroatoms. The number of carbonyl (C=O) groups excluding carboxylic acids is 2. The maximum atomic E-state index is 12.7. The van der Waals surface area contributed by atoms with E-state index in [4.69, 9.17) is 15.2 Å². The molecule has 1 aromatic heterocycles. The Bertz CT molecular complexity index is 1100. The van der Waals surface area contributed by atoms with E-state index < -0.39 is 5.91 Å². The van der Waals surface area contributed by atoms with Crippen LogP contribution in [0.2, 0.25) is 0 Å². The van der Waals surface area contributed by atoms with Crippen molar-refractivity contribution in [3.05, 3.63) is 83.2 Å². The molecule has 2 amide bonds. The summed E-state index contributed by atoms with van der Waals surface area (Å²) in [5, 5.41) is 3.00. The Labute approximate surface area is 173 Å². The van der Waals surface area contributed by atoms with Gasteiger partial charge >= 0.3 is 0 Å². The van der Waals surface area contributed by atoms with Gasteiger partial charge < -0.3 is 20.5 Å². The molecule has 0 bridgehead atoms. The van der Waals surface area contributed by atoms with Crippen LogP contribution < -0.4 is 20.5 Å². The quantitative estimate of drug-likeness (QED) is 0.656. The molecule has 0 aliphatic heterocycles. The van der Waals surface area contributed by atoms with Gasteiger partial charge in [0.15, 0.2) is 0 Å². The number of amides is 2. The fourth-order valence-corrected chi connectivity index (χ4v) is 3.57. The Balaban J connectivity index is 1.52. The summed E-state index contributed by atoms with van der Waals surface area (Å²) in [6, 6.07) is 14.3. The number of nitrogens with zero attached hydrogens (tertiary/aromatic N) is 1. The van der Waals surface area contributed by atoms with Gasteiger partial charge in [0.2, 0.25) is 5.91 Å². The first-order valence-electron chi connectivity index (χ1n) is 9.54. The predicted molar refractivity (Wildman–Crippen MR) is 112 cm³/mol. The molecule has 30 heavy (non-hydrogen) atoms. The van der Waals surface area contributed by atoms with E-state index in [0.717, 1.165) is 29.7 Å². The van der Waals surface area contributed by atoms with E-state index in [1.807, 2.05) is 18.2 Å². The number of aromatic nitrogens is 1. The number of hydrogen-bond donors (Lipinski definition) is 2. The monoisotopic (exact) mass is 403 g/mol. The number of anilines is 1. The van der Waals surface area contributed by atoms with Crippen LogP contribution in [0.15, 0.2) is 60.9 Å². The molecular weight excluding hydrogens is 382 g/mol. The highest BCUT2D eigenvalue weighted by Gasteiger charge is 2.27. The molecule has 3 N–H and O–H groups in total. The van der Waals surface area contributed by atoms with Crippen LogP contribution in [-0.2, 0) is 6.42 Å². The standard InChI is InChI=1S/C23H21N3O4/c1-29-16-7-5-14(6-8-16)23(28)26-20-4-2-3-19-18(20)9-10-21(19)30-17-11-15(22(24)27)12-25-13-17/h2-8,11-13,21H,9-10H2,1H3,(H2,24,27)(H,26,28). The third-order valence-electron chi connectivity index (χ3n) is 5.09. The number of ether oxygens (including phenoxy) is 2. The number of nitrogens with one attached hydrogen (secondary N) is 1. The zero-order chi connectivity index (χ0) is 21.1. The SMILES string of the molecule is COc1ccc(C(=O)Nc2cccc3c2CCC3Oc2cncc(C(N)=O)c2)cc1. The van der Waals surface area contributed by atoms with Gasteiger partial charge in [-0.25, -0.2) is 0 Å². The summed E-state index contributed by atoms with van der Waals surface area (Å²) in [6.45, 7) is 0. The topological polar surface area (TPSA) is 104 Å². The first-order chi connectivity index (χ1) is 14.5. The summed E-state index contributed by atoms with van der Waals surface area (Å²) >= 11 is 0. The zero-order valence-corrected chi connectivity index (χ0v) is 16.4. The molecule has 1 aliphatic carbocycles. The molecule has 3 aromatic rings. The number of methoxy groups -OCH3 is 1. The minimum atomic E-state index is -0.552. The summed E-state index contributed by atoms with van der Waals surface area (Å²) in [5.41, 5.74) is 8.98. The van der Waals surface area contributed by atoms with Crippen LogP contribution >= 0.6 is 0 Å². The van der Waals surface area contributed by atoms with Crippen molar-refractivity contribution >= 4 is 17.5 Å². The molecule has 7 nitrogen and oxygen atoms in total. The van der Waals surface area contributed by atoms with Crippen LogP contribution in [0.25, 0.3) is 0 Å². The van der Waals surface area contributed by atoms with Gasteiger partial charge in [-0.1, -0.05) is 12.1 Å². The Hall–Kier alpha value is -3.87. The smallest absolute Gasteiger partial charge is 0.255 e. The van der Waals surface area contributed by atoms with Crippen molar-refractivity contribution in [3.8, 4) is 11.5 Å². The second kappa shape index (κ2) is 8.24. The van der Waals surface area contributed by atoms with E-state index in [2.05, 4.69) is 10.3 Å². The van der Waals surface area contributed by atoms with E-state index in [1.165, 1.54) is 6.20 Å². The van der Waals surface area contributed by atoms with E-state index in [1.54, 1.807) is 43.6 Å². The molecule has 1 atom stereocenters. The number of benzene rings is 2. The van der Waals surface area contributed by atoms with E-state index in [0.29, 0.717) is 22.6 Å². The molecule has 1 aliphatic rings. The van der Waals surface area contributed by atoms with Crippen LogP contribution in [0, 0.1) is 0 Å². The Morgan fingerprint density at radius 3 is 2.60 bits per heavy atom. The van der Waals surface area contributed by atoms with Crippen molar-refractivity contribution in [1.29, 1.82) is 0 Å². The molecule has 2 aromatic carbocycles. The average molecular weight is 403 g/mol. The van der Waals surface area contributed by atoms with Crippen molar-refractivity contribution in [3.63, 3.8) is 0 Å². The van der Waals surface area contributed by atoms with Crippen molar-refractivity contribution in [2.45, 2.75) is 18.9 Å². The van der Waals surface area contributed by atoms with Crippen LogP contribution in [0.1, 0.15) is 44.4 Å². The summed E-state index contributed by atoms with van der Waals surface area (Å²) in [6.07, 6.45) is 4.29. The van der Waals surface area contributed by atoms with Crippen molar-refractivity contribution in [1.82, 2.24) is 4.98 Å². The molecular formula is C23H21N3O4. The third kappa shape index (κ3) is 3.96. The van der Waals surface area contributed by atoms with Gasteiger partial charge in [0.05, 0.1) is 18.9 Å². The predicted octanol–water partition coefficient (Wildman–Crippen LogP) is 3.51. The van der Waals surface area contributed by atoms with E-state index in [-0.39, 0.29) is 12.0 Å². The van der Waals surface area contributed by atoms with Gasteiger partial charge in [0.1, 0.15) is 17.6 Å². The molecule has 4 rings (SSSR count). The van der Waals surface area contributed by atoms with Gasteiger partial charge in [-0.2, -0.15) is 0 Å². The highest BCUT2D eigenvalue weighted by Crippen LogP contribution is 2.38. The number of nitrogens with two attached hydrogens (primary N) is 1. The highest BCUT2D eigenvalue weighted by atomic mass is 16.5. The lowest BCUT2D eigenvalue weighted by Crippen LogP contribution is -2.13. The molecule has 0 saturated carbocycles. The van der Waals surface area contributed by atoms with Gasteiger partial charge in [0, 0.05) is 17.4 Å². The molecule has 152 valence electrons. The number of fused-ring (bicyclic) bond motifs is 1. The minimum Gasteiger partial charge on any atom is -0.497 e. The molecule has 0 radical (unpaired) electrons. The fourth-order valence-electron chi connectivity index (χ4n) is 3.57. The average Bonchev–Trinajstić information content (AvgIpc) is 3.17. The maximum absolute atomic E-state index is 12.7. The summed E-state index contributed by atoms with van der Waals surface area (Å²) < 4.78 is 11.2. The number of hydrogen-bond acceptors (Lipinski definition) is 5. The minimum absolute atomic E-state index is 0.186. The zero-order valence-electron chi connectivity index (χ0n) is 16.4. The highest BCUT2D eigenvalue weighted by molar-refractivity contribution is 6.04. The maximum Gasteiger partial charge on any atom is 0.255 e. The van der Waals surface area contributed by atoms with Gasteiger partial charge in [0.25, 0.3) is 5.91 Å².